The predicted molar refractivity (Wildman–Crippen MR) is 81.2 cm³/mol. The second-order valence-electron chi connectivity index (χ2n) is 5.72. The van der Waals surface area contributed by atoms with Gasteiger partial charge in [0, 0.05) is 12.6 Å². The number of carbonyl (C=O) groups excluding carboxylic acids is 1. The van der Waals surface area contributed by atoms with Crippen LogP contribution < -0.4 is 0 Å². The number of nitrogens with zero attached hydrogens (tertiary/aromatic N) is 4. The summed E-state index contributed by atoms with van der Waals surface area (Å²) in [5.74, 6) is -0.694. The lowest BCUT2D eigenvalue weighted by atomic mass is 10.0. The van der Waals surface area contributed by atoms with Gasteiger partial charge < -0.3 is 4.74 Å². The van der Waals surface area contributed by atoms with Crippen LogP contribution in [0.5, 0.6) is 0 Å². The lowest BCUT2D eigenvalue weighted by Gasteiger charge is -2.24. The highest BCUT2D eigenvalue weighted by atomic mass is 19.1. The van der Waals surface area contributed by atoms with Gasteiger partial charge in [-0.1, -0.05) is 17.3 Å². The van der Waals surface area contributed by atoms with Crippen molar-refractivity contribution in [1.29, 1.82) is 0 Å². The number of hydrogen-bond donors (Lipinski definition) is 0. The lowest BCUT2D eigenvalue weighted by molar-refractivity contribution is 0.0594. The highest BCUT2D eigenvalue weighted by molar-refractivity contribution is 5.86. The Kier molecular flexibility index (Phi) is 4.66. The zero-order valence-corrected chi connectivity index (χ0v) is 13.0. The molecule has 2 aromatic rings. The van der Waals surface area contributed by atoms with Gasteiger partial charge in [-0.15, -0.1) is 5.10 Å². The molecule has 122 valence electrons. The number of esters is 1. The molecular weight excluding hydrogens is 299 g/mol. The molecule has 3 rings (SSSR count). The van der Waals surface area contributed by atoms with Gasteiger partial charge in [0.2, 0.25) is 0 Å². The summed E-state index contributed by atoms with van der Waals surface area (Å²) < 4.78 is 19.6. The minimum atomic E-state index is -0.492. The highest BCUT2D eigenvalue weighted by Crippen LogP contribution is 2.22. The molecular formula is C16H19FN4O2. The van der Waals surface area contributed by atoms with E-state index in [-0.39, 0.29) is 11.5 Å². The van der Waals surface area contributed by atoms with Crippen molar-refractivity contribution in [2.75, 3.05) is 13.7 Å². The largest absolute Gasteiger partial charge is 0.464 e. The third-order valence-corrected chi connectivity index (χ3v) is 4.12. The fraction of sp³-hybridized carbons (Fsp3) is 0.438. The normalized spacial score (nSPS) is 18.3. The maximum absolute atomic E-state index is 13.3. The maximum Gasteiger partial charge on any atom is 0.360 e. The van der Waals surface area contributed by atoms with Crippen LogP contribution in [0.3, 0.4) is 0 Å². The number of rotatable bonds is 5. The van der Waals surface area contributed by atoms with Crippen LogP contribution in [0.4, 0.5) is 4.39 Å². The van der Waals surface area contributed by atoms with Gasteiger partial charge in [0.15, 0.2) is 5.69 Å². The molecule has 0 bridgehead atoms. The molecule has 0 aliphatic carbocycles. The molecule has 23 heavy (non-hydrogen) atoms. The van der Waals surface area contributed by atoms with E-state index in [1.54, 1.807) is 23.0 Å². The van der Waals surface area contributed by atoms with Crippen molar-refractivity contribution in [3.8, 4) is 0 Å². The number of carbonyl (C=O) groups is 1. The molecule has 0 N–H and O–H groups in total. The molecule has 2 heterocycles. The SMILES string of the molecule is COC(=O)c1cn(CN2CCC[C@@H]2Cc2cccc(F)c2)nn1. The van der Waals surface area contributed by atoms with Gasteiger partial charge in [-0.25, -0.2) is 13.9 Å². The summed E-state index contributed by atoms with van der Waals surface area (Å²) in [6, 6.07) is 7.07. The Morgan fingerprint density at radius 1 is 1.48 bits per heavy atom. The first-order valence-corrected chi connectivity index (χ1v) is 7.62. The van der Waals surface area contributed by atoms with E-state index >= 15 is 0 Å². The molecule has 1 atom stereocenters. The molecule has 1 aliphatic heterocycles. The molecule has 0 saturated carbocycles. The van der Waals surface area contributed by atoms with Crippen molar-refractivity contribution in [3.63, 3.8) is 0 Å². The van der Waals surface area contributed by atoms with Crippen LogP contribution in [0.2, 0.25) is 0 Å². The third kappa shape index (κ3) is 3.73. The van der Waals surface area contributed by atoms with E-state index in [1.165, 1.54) is 13.2 Å². The molecule has 1 aliphatic rings. The van der Waals surface area contributed by atoms with Gasteiger partial charge in [-0.05, 0) is 37.0 Å². The molecule has 0 unspecified atom stereocenters. The monoisotopic (exact) mass is 318 g/mol. The van der Waals surface area contributed by atoms with Crippen molar-refractivity contribution >= 4 is 5.97 Å². The minimum absolute atomic E-state index is 0.202. The Hall–Kier alpha value is -2.28. The van der Waals surface area contributed by atoms with E-state index < -0.39 is 5.97 Å². The van der Waals surface area contributed by atoms with Crippen molar-refractivity contribution < 1.29 is 13.9 Å². The lowest BCUT2D eigenvalue weighted by Crippen LogP contribution is -2.33. The summed E-state index contributed by atoms with van der Waals surface area (Å²) in [4.78, 5) is 13.7. The average molecular weight is 318 g/mol. The van der Waals surface area contributed by atoms with Crippen molar-refractivity contribution in [1.82, 2.24) is 19.9 Å². The van der Waals surface area contributed by atoms with Crippen LogP contribution in [0.25, 0.3) is 0 Å². The summed E-state index contributed by atoms with van der Waals surface area (Å²) in [6.45, 7) is 1.51. The van der Waals surface area contributed by atoms with E-state index in [0.717, 1.165) is 31.4 Å². The third-order valence-electron chi connectivity index (χ3n) is 4.12. The molecule has 1 saturated heterocycles. The number of likely N-dealkylation sites (tertiary alicyclic amines) is 1. The quantitative estimate of drug-likeness (QED) is 0.788. The number of halogens is 1. The Morgan fingerprint density at radius 3 is 3.13 bits per heavy atom. The number of aromatic nitrogens is 3. The molecule has 1 aromatic heterocycles. The molecule has 0 radical (unpaired) electrons. The molecule has 7 heteroatoms. The van der Waals surface area contributed by atoms with E-state index in [4.69, 9.17) is 0 Å². The van der Waals surface area contributed by atoms with Gasteiger partial charge in [-0.3, -0.25) is 4.90 Å². The second kappa shape index (κ2) is 6.87. The van der Waals surface area contributed by atoms with Crippen LogP contribution in [0.1, 0.15) is 28.9 Å². The fourth-order valence-electron chi connectivity index (χ4n) is 3.00. The maximum atomic E-state index is 13.3. The second-order valence-corrected chi connectivity index (χ2v) is 5.72. The van der Waals surface area contributed by atoms with Crippen molar-refractivity contribution in [3.05, 3.63) is 47.5 Å². The zero-order valence-electron chi connectivity index (χ0n) is 13.0. The summed E-state index contributed by atoms with van der Waals surface area (Å²) >= 11 is 0. The van der Waals surface area contributed by atoms with Crippen LogP contribution in [0, 0.1) is 5.82 Å². The predicted octanol–water partition coefficient (Wildman–Crippen LogP) is 1.87. The zero-order chi connectivity index (χ0) is 16.2. The van der Waals surface area contributed by atoms with Gasteiger partial charge >= 0.3 is 5.97 Å². The number of benzene rings is 1. The van der Waals surface area contributed by atoms with Crippen LogP contribution in [-0.4, -0.2) is 45.6 Å². The van der Waals surface area contributed by atoms with Crippen molar-refractivity contribution in [2.45, 2.75) is 32.0 Å². The molecule has 1 fully saturated rings. The van der Waals surface area contributed by atoms with Gasteiger partial charge in [-0.2, -0.15) is 0 Å². The standard InChI is InChI=1S/C16H19FN4O2/c1-23-16(22)15-10-21(19-18-15)11-20-7-3-6-14(20)9-12-4-2-5-13(17)8-12/h2,4-5,8,10,14H,3,6-7,9,11H2,1H3/t14-/m1/s1. The summed E-state index contributed by atoms with van der Waals surface area (Å²) in [6.07, 6.45) is 4.55. The smallest absolute Gasteiger partial charge is 0.360 e. The summed E-state index contributed by atoms with van der Waals surface area (Å²) in [5.41, 5.74) is 1.20. The Bertz CT molecular complexity index is 688. The van der Waals surface area contributed by atoms with E-state index in [0.29, 0.717) is 12.7 Å². The first-order valence-electron chi connectivity index (χ1n) is 7.62. The Morgan fingerprint density at radius 2 is 2.35 bits per heavy atom. The van der Waals surface area contributed by atoms with Crippen LogP contribution in [-0.2, 0) is 17.8 Å². The average Bonchev–Trinajstić information content (AvgIpc) is 3.17. The highest BCUT2D eigenvalue weighted by Gasteiger charge is 2.25. The van der Waals surface area contributed by atoms with Gasteiger partial charge in [0.1, 0.15) is 5.82 Å². The summed E-state index contributed by atoms with van der Waals surface area (Å²) in [5, 5.41) is 7.78. The topological polar surface area (TPSA) is 60.2 Å². The Labute approximate surface area is 133 Å². The van der Waals surface area contributed by atoms with Gasteiger partial charge in [0.25, 0.3) is 0 Å². The van der Waals surface area contributed by atoms with E-state index in [1.807, 2.05) is 6.07 Å². The van der Waals surface area contributed by atoms with Crippen LogP contribution >= 0.6 is 0 Å². The first kappa shape index (κ1) is 15.6. The first-order chi connectivity index (χ1) is 11.2. The van der Waals surface area contributed by atoms with Crippen LogP contribution in [0.15, 0.2) is 30.5 Å². The molecule has 0 amide bonds. The van der Waals surface area contributed by atoms with Crippen molar-refractivity contribution in [2.24, 2.45) is 0 Å². The molecule has 0 spiro atoms. The minimum Gasteiger partial charge on any atom is -0.464 e. The Balaban J connectivity index is 1.65. The van der Waals surface area contributed by atoms with Gasteiger partial charge in [0.05, 0.1) is 20.0 Å². The molecule has 6 nitrogen and oxygen atoms in total. The number of hydrogen-bond acceptors (Lipinski definition) is 5. The molecule has 1 aromatic carbocycles. The number of ether oxygens (including phenoxy) is 1. The summed E-state index contributed by atoms with van der Waals surface area (Å²) in [7, 11) is 1.32. The van der Waals surface area contributed by atoms with E-state index in [9.17, 15) is 9.18 Å². The van der Waals surface area contributed by atoms with E-state index in [2.05, 4.69) is 19.9 Å². The fourth-order valence-corrected chi connectivity index (χ4v) is 3.00. The number of methoxy groups -OCH3 is 1.